The third-order valence-electron chi connectivity index (χ3n) is 5.02. The molecule has 1 atom stereocenters. The molecule has 9 nitrogen and oxygen atoms in total. The minimum absolute atomic E-state index is 0.112. The molecule has 2 heterocycles. The normalized spacial score (nSPS) is 16.8. The van der Waals surface area contributed by atoms with Crippen molar-refractivity contribution in [1.82, 2.24) is 30.8 Å². The van der Waals surface area contributed by atoms with Gasteiger partial charge >= 0.3 is 0 Å². The van der Waals surface area contributed by atoms with Gasteiger partial charge in [-0.3, -0.25) is 4.79 Å². The molecule has 0 radical (unpaired) electrons. The van der Waals surface area contributed by atoms with E-state index in [9.17, 15) is 4.79 Å². The number of aromatic amines is 1. The number of hydrogen-bond donors (Lipinski definition) is 2. The lowest BCUT2D eigenvalue weighted by atomic mass is 10.1. The molecule has 0 aliphatic carbocycles. The Morgan fingerprint density at radius 1 is 1.25 bits per heavy atom. The Bertz CT molecular complexity index is 772. The molecule has 152 valence electrons. The van der Waals surface area contributed by atoms with E-state index in [1.165, 1.54) is 0 Å². The Hall–Kier alpha value is -2.68. The maximum absolute atomic E-state index is 12.6. The number of ether oxygens (including phenoxy) is 2. The summed E-state index contributed by atoms with van der Waals surface area (Å²) in [6.45, 7) is 8.23. The number of H-pyrrole nitrogens is 1. The second-order valence-corrected chi connectivity index (χ2v) is 7.28. The number of likely N-dealkylation sites (tertiary alicyclic amines) is 1. The van der Waals surface area contributed by atoms with Crippen molar-refractivity contribution >= 4 is 5.91 Å². The number of tetrazole rings is 1. The van der Waals surface area contributed by atoms with Crippen LogP contribution in [0.1, 0.15) is 55.8 Å². The van der Waals surface area contributed by atoms with Gasteiger partial charge in [0.1, 0.15) is 6.10 Å². The molecule has 9 heteroatoms. The molecular formula is C19H28N6O3. The zero-order valence-corrected chi connectivity index (χ0v) is 16.8. The van der Waals surface area contributed by atoms with Gasteiger partial charge in [-0.25, -0.2) is 0 Å². The van der Waals surface area contributed by atoms with Crippen LogP contribution in [0.3, 0.4) is 0 Å². The van der Waals surface area contributed by atoms with Crippen molar-refractivity contribution in [3.8, 4) is 11.5 Å². The monoisotopic (exact) mass is 388 g/mol. The van der Waals surface area contributed by atoms with E-state index < -0.39 is 0 Å². The second kappa shape index (κ2) is 9.01. The Labute approximate surface area is 164 Å². The number of benzene rings is 1. The number of piperidine rings is 1. The molecule has 1 fully saturated rings. The van der Waals surface area contributed by atoms with Crippen molar-refractivity contribution in [2.75, 3.05) is 20.2 Å². The molecule has 2 N–H and O–H groups in total. The number of nitrogens with zero attached hydrogens (tertiary/aromatic N) is 4. The van der Waals surface area contributed by atoms with Gasteiger partial charge in [-0.2, -0.15) is 5.21 Å². The first-order valence-electron chi connectivity index (χ1n) is 9.61. The number of methoxy groups -OCH3 is 1. The van der Waals surface area contributed by atoms with Gasteiger partial charge < -0.3 is 19.7 Å². The average Bonchev–Trinajstić information content (AvgIpc) is 3.23. The van der Waals surface area contributed by atoms with Crippen molar-refractivity contribution in [1.29, 1.82) is 0 Å². The van der Waals surface area contributed by atoms with Crippen molar-refractivity contribution in [3.63, 3.8) is 0 Å². The molecule has 1 amide bonds. The van der Waals surface area contributed by atoms with Crippen LogP contribution in [0.5, 0.6) is 11.5 Å². The lowest BCUT2D eigenvalue weighted by Crippen LogP contribution is -2.41. The SMILES string of the molecule is COc1ccc(C(=O)N[C@@H](C)c2nn[nH]n2)cc1OC1CCN(C(C)C)CC1. The highest BCUT2D eigenvalue weighted by Crippen LogP contribution is 2.31. The first kappa shape index (κ1) is 20.1. The number of aromatic nitrogens is 4. The number of amides is 1. The fourth-order valence-corrected chi connectivity index (χ4v) is 3.30. The van der Waals surface area contributed by atoms with Gasteiger partial charge in [0.15, 0.2) is 17.3 Å². The van der Waals surface area contributed by atoms with Crippen molar-refractivity contribution in [2.45, 2.75) is 51.8 Å². The molecule has 0 bridgehead atoms. The minimum Gasteiger partial charge on any atom is -0.493 e. The van der Waals surface area contributed by atoms with Crippen LogP contribution in [0.2, 0.25) is 0 Å². The quantitative estimate of drug-likeness (QED) is 0.747. The van der Waals surface area contributed by atoms with E-state index in [-0.39, 0.29) is 18.1 Å². The second-order valence-electron chi connectivity index (χ2n) is 7.28. The minimum atomic E-state index is -0.363. The largest absolute Gasteiger partial charge is 0.493 e. The number of hydrogen-bond acceptors (Lipinski definition) is 7. The summed E-state index contributed by atoms with van der Waals surface area (Å²) >= 11 is 0. The zero-order chi connectivity index (χ0) is 20.1. The van der Waals surface area contributed by atoms with Gasteiger partial charge in [0, 0.05) is 24.7 Å². The summed E-state index contributed by atoms with van der Waals surface area (Å²) in [7, 11) is 1.60. The van der Waals surface area contributed by atoms with E-state index in [0.29, 0.717) is 28.9 Å². The van der Waals surface area contributed by atoms with Crippen LogP contribution >= 0.6 is 0 Å². The molecular weight excluding hydrogens is 360 g/mol. The Morgan fingerprint density at radius 2 is 2.00 bits per heavy atom. The summed E-state index contributed by atoms with van der Waals surface area (Å²) in [6, 6.07) is 5.38. The van der Waals surface area contributed by atoms with Crippen LogP contribution in [-0.4, -0.2) is 63.8 Å². The van der Waals surface area contributed by atoms with Gasteiger partial charge in [-0.15, -0.1) is 10.2 Å². The van der Waals surface area contributed by atoms with Crippen molar-refractivity contribution in [2.24, 2.45) is 0 Å². The molecule has 3 rings (SSSR count). The Balaban J connectivity index is 1.67. The van der Waals surface area contributed by atoms with E-state index in [2.05, 4.69) is 44.7 Å². The summed E-state index contributed by atoms with van der Waals surface area (Å²) < 4.78 is 11.6. The topological polar surface area (TPSA) is 105 Å². The first-order chi connectivity index (χ1) is 13.5. The number of carbonyl (C=O) groups excluding carboxylic acids is 1. The number of nitrogens with one attached hydrogen (secondary N) is 2. The standard InChI is InChI=1S/C19H28N6O3/c1-12(2)25-9-7-15(8-10-25)28-17-11-14(5-6-16(17)27-4)19(26)20-13(3)18-21-23-24-22-18/h5-6,11-13,15H,7-10H2,1-4H3,(H,20,26)(H,21,22,23,24)/t13-/m0/s1. The smallest absolute Gasteiger partial charge is 0.252 e. The number of carbonyl (C=O) groups is 1. The van der Waals surface area contributed by atoms with Crippen LogP contribution in [-0.2, 0) is 0 Å². The molecule has 28 heavy (non-hydrogen) atoms. The van der Waals surface area contributed by atoms with Crippen LogP contribution in [0.4, 0.5) is 0 Å². The fourth-order valence-electron chi connectivity index (χ4n) is 3.30. The van der Waals surface area contributed by atoms with E-state index in [1.807, 2.05) is 0 Å². The highest BCUT2D eigenvalue weighted by Gasteiger charge is 2.24. The van der Waals surface area contributed by atoms with Gasteiger partial charge in [-0.1, -0.05) is 5.21 Å². The van der Waals surface area contributed by atoms with Crippen molar-refractivity contribution in [3.05, 3.63) is 29.6 Å². The summed E-state index contributed by atoms with van der Waals surface area (Å²) in [5.41, 5.74) is 0.491. The molecule has 2 aromatic rings. The molecule has 0 spiro atoms. The third-order valence-corrected chi connectivity index (χ3v) is 5.02. The fraction of sp³-hybridized carbons (Fsp3) is 0.579. The average molecular weight is 388 g/mol. The summed E-state index contributed by atoms with van der Waals surface area (Å²) in [4.78, 5) is 15.1. The molecule has 1 aromatic heterocycles. The third kappa shape index (κ3) is 4.78. The molecule has 1 saturated heterocycles. The molecule has 0 unspecified atom stereocenters. The van der Waals surface area contributed by atoms with Crippen LogP contribution in [0.25, 0.3) is 0 Å². The van der Waals surface area contributed by atoms with E-state index in [4.69, 9.17) is 9.47 Å². The zero-order valence-electron chi connectivity index (χ0n) is 16.8. The molecule has 1 aliphatic rings. The van der Waals surface area contributed by atoms with Crippen LogP contribution in [0, 0.1) is 0 Å². The highest BCUT2D eigenvalue weighted by atomic mass is 16.5. The highest BCUT2D eigenvalue weighted by molar-refractivity contribution is 5.95. The van der Waals surface area contributed by atoms with E-state index in [0.717, 1.165) is 25.9 Å². The lowest BCUT2D eigenvalue weighted by molar-refractivity contribution is 0.0818. The van der Waals surface area contributed by atoms with E-state index in [1.54, 1.807) is 32.2 Å². The predicted molar refractivity (Wildman–Crippen MR) is 103 cm³/mol. The lowest BCUT2D eigenvalue weighted by Gasteiger charge is -2.34. The molecule has 1 aromatic carbocycles. The summed E-state index contributed by atoms with van der Waals surface area (Å²) in [5, 5.41) is 16.5. The van der Waals surface area contributed by atoms with Gasteiger partial charge in [0.25, 0.3) is 5.91 Å². The predicted octanol–water partition coefficient (Wildman–Crippen LogP) is 1.95. The molecule has 1 aliphatic heterocycles. The van der Waals surface area contributed by atoms with Crippen LogP contribution in [0.15, 0.2) is 18.2 Å². The van der Waals surface area contributed by atoms with Gasteiger partial charge in [0.2, 0.25) is 0 Å². The molecule has 0 saturated carbocycles. The summed E-state index contributed by atoms with van der Waals surface area (Å²) in [5.74, 6) is 1.40. The van der Waals surface area contributed by atoms with Crippen molar-refractivity contribution < 1.29 is 14.3 Å². The maximum Gasteiger partial charge on any atom is 0.252 e. The maximum atomic E-state index is 12.6. The Kier molecular flexibility index (Phi) is 6.45. The van der Waals surface area contributed by atoms with Gasteiger partial charge in [0.05, 0.1) is 13.2 Å². The van der Waals surface area contributed by atoms with Gasteiger partial charge in [-0.05, 0) is 51.8 Å². The first-order valence-corrected chi connectivity index (χ1v) is 9.61. The van der Waals surface area contributed by atoms with Crippen LogP contribution < -0.4 is 14.8 Å². The number of rotatable bonds is 7. The van der Waals surface area contributed by atoms with E-state index >= 15 is 0 Å². The Morgan fingerprint density at radius 3 is 2.61 bits per heavy atom. The summed E-state index contributed by atoms with van der Waals surface area (Å²) in [6.07, 6.45) is 2.01.